The molecular formula is C27H47N3O2. The standard InChI is InChI=1S/C19H23N3O2.4C2H6/c1-13-12-20-14(2)21-18(13)22-9-7-19(8-10-22)11-16(23)15-5-3-4-6-17(15)24-19;4*1-2/h3-6,12,16,23H,7-11H2,1-2H3;4*1-2H3. The van der Waals surface area contributed by atoms with E-state index in [0.717, 1.165) is 54.4 Å². The van der Waals surface area contributed by atoms with Gasteiger partial charge in [-0.25, -0.2) is 9.97 Å². The van der Waals surface area contributed by atoms with E-state index in [4.69, 9.17) is 4.74 Å². The summed E-state index contributed by atoms with van der Waals surface area (Å²) in [5.41, 5.74) is 1.75. The normalized spacial score (nSPS) is 17.3. The van der Waals surface area contributed by atoms with Gasteiger partial charge in [-0.3, -0.25) is 0 Å². The molecule has 0 radical (unpaired) electrons. The number of aliphatic hydroxyl groups excluding tert-OH is 1. The molecule has 1 N–H and O–H groups in total. The van der Waals surface area contributed by atoms with Gasteiger partial charge in [0.2, 0.25) is 0 Å². The Labute approximate surface area is 197 Å². The molecule has 2 aliphatic heterocycles. The van der Waals surface area contributed by atoms with Gasteiger partial charge in [-0.1, -0.05) is 73.6 Å². The maximum Gasteiger partial charge on any atom is 0.135 e. The van der Waals surface area contributed by atoms with Gasteiger partial charge in [0, 0.05) is 49.7 Å². The highest BCUT2D eigenvalue weighted by atomic mass is 16.5. The summed E-state index contributed by atoms with van der Waals surface area (Å²) in [6.45, 7) is 21.7. The fraction of sp³-hybridized carbons (Fsp3) is 0.630. The van der Waals surface area contributed by atoms with Crippen molar-refractivity contribution < 1.29 is 9.84 Å². The Morgan fingerprint density at radius 1 is 0.938 bits per heavy atom. The zero-order valence-corrected chi connectivity index (χ0v) is 22.2. The molecular weight excluding hydrogens is 398 g/mol. The molecule has 3 heterocycles. The molecule has 0 bridgehead atoms. The number of aromatic nitrogens is 2. The van der Waals surface area contributed by atoms with Crippen LogP contribution in [0.25, 0.3) is 0 Å². The Hall–Kier alpha value is -2.14. The van der Waals surface area contributed by atoms with Crippen LogP contribution in [0, 0.1) is 13.8 Å². The molecule has 1 fully saturated rings. The molecule has 1 atom stereocenters. The van der Waals surface area contributed by atoms with Crippen LogP contribution in [-0.2, 0) is 0 Å². The van der Waals surface area contributed by atoms with Crippen molar-refractivity contribution in [2.45, 2.75) is 100 Å². The van der Waals surface area contributed by atoms with Crippen LogP contribution in [0.3, 0.4) is 0 Å². The Kier molecular flexibility index (Phi) is 14.6. The lowest BCUT2D eigenvalue weighted by atomic mass is 9.81. The number of anilines is 1. The first kappa shape index (κ1) is 29.9. The van der Waals surface area contributed by atoms with Crippen molar-refractivity contribution in [2.75, 3.05) is 18.0 Å². The molecule has 4 rings (SSSR count). The minimum Gasteiger partial charge on any atom is -0.487 e. The van der Waals surface area contributed by atoms with E-state index in [1.807, 2.05) is 92.8 Å². The largest absolute Gasteiger partial charge is 0.487 e. The van der Waals surface area contributed by atoms with Gasteiger partial charge in [0.25, 0.3) is 0 Å². The number of para-hydroxylation sites is 1. The van der Waals surface area contributed by atoms with Crippen LogP contribution in [0.5, 0.6) is 5.75 Å². The lowest BCUT2D eigenvalue weighted by Crippen LogP contribution is -2.50. The average Bonchev–Trinajstić information content (AvgIpc) is 2.86. The summed E-state index contributed by atoms with van der Waals surface area (Å²) < 4.78 is 6.35. The van der Waals surface area contributed by atoms with Crippen LogP contribution in [-0.4, -0.2) is 33.8 Å². The fourth-order valence-corrected chi connectivity index (χ4v) is 3.86. The van der Waals surface area contributed by atoms with Crippen LogP contribution in [0.4, 0.5) is 5.82 Å². The Bertz CT molecular complexity index is 756. The highest BCUT2D eigenvalue weighted by molar-refractivity contribution is 5.46. The number of ether oxygens (including phenoxy) is 1. The number of rotatable bonds is 1. The first-order chi connectivity index (χ1) is 15.6. The van der Waals surface area contributed by atoms with E-state index in [9.17, 15) is 5.11 Å². The number of benzene rings is 1. The molecule has 0 amide bonds. The zero-order valence-electron chi connectivity index (χ0n) is 22.2. The molecule has 1 aromatic heterocycles. The van der Waals surface area contributed by atoms with E-state index in [1.165, 1.54) is 0 Å². The van der Waals surface area contributed by atoms with Gasteiger partial charge in [-0.15, -0.1) is 0 Å². The summed E-state index contributed by atoms with van der Waals surface area (Å²) in [6.07, 6.45) is 3.89. The smallest absolute Gasteiger partial charge is 0.135 e. The Morgan fingerprint density at radius 3 is 2.09 bits per heavy atom. The molecule has 1 unspecified atom stereocenters. The molecule has 5 heteroatoms. The monoisotopic (exact) mass is 445 g/mol. The van der Waals surface area contributed by atoms with Crippen molar-refractivity contribution in [2.24, 2.45) is 0 Å². The van der Waals surface area contributed by atoms with Crippen LogP contribution in [0.1, 0.15) is 97.7 Å². The van der Waals surface area contributed by atoms with E-state index in [2.05, 4.69) is 21.8 Å². The van der Waals surface area contributed by atoms with Crippen molar-refractivity contribution in [3.63, 3.8) is 0 Å². The van der Waals surface area contributed by atoms with Gasteiger partial charge in [0.15, 0.2) is 0 Å². The van der Waals surface area contributed by atoms with Gasteiger partial charge in [0.05, 0.1) is 6.10 Å². The highest BCUT2D eigenvalue weighted by Gasteiger charge is 2.43. The molecule has 2 aliphatic rings. The molecule has 1 aromatic carbocycles. The lowest BCUT2D eigenvalue weighted by Gasteiger charge is -2.46. The Balaban J connectivity index is 0.00000109. The molecule has 5 nitrogen and oxygen atoms in total. The quantitative estimate of drug-likeness (QED) is 0.509. The summed E-state index contributed by atoms with van der Waals surface area (Å²) in [4.78, 5) is 11.2. The number of nitrogens with zero attached hydrogens (tertiary/aromatic N) is 3. The highest BCUT2D eigenvalue weighted by Crippen LogP contribution is 2.44. The van der Waals surface area contributed by atoms with Crippen LogP contribution in [0.2, 0.25) is 0 Å². The molecule has 1 spiro atoms. The molecule has 1 saturated heterocycles. The van der Waals surface area contributed by atoms with Gasteiger partial charge in [-0.2, -0.15) is 0 Å². The number of piperidine rings is 1. The van der Waals surface area contributed by atoms with Crippen molar-refractivity contribution in [3.8, 4) is 5.75 Å². The first-order valence-corrected chi connectivity index (χ1v) is 12.6. The van der Waals surface area contributed by atoms with Crippen LogP contribution in [0.15, 0.2) is 30.5 Å². The van der Waals surface area contributed by atoms with Crippen molar-refractivity contribution in [1.29, 1.82) is 0 Å². The molecule has 0 saturated carbocycles. The minimum atomic E-state index is -0.440. The maximum absolute atomic E-state index is 10.5. The summed E-state index contributed by atoms with van der Waals surface area (Å²) in [7, 11) is 0. The molecule has 2 aromatic rings. The second kappa shape index (κ2) is 15.6. The lowest BCUT2D eigenvalue weighted by molar-refractivity contribution is -0.0300. The number of aliphatic hydroxyl groups is 1. The number of hydrogen-bond acceptors (Lipinski definition) is 5. The van der Waals surface area contributed by atoms with E-state index in [-0.39, 0.29) is 5.60 Å². The topological polar surface area (TPSA) is 58.5 Å². The van der Waals surface area contributed by atoms with Crippen LogP contribution >= 0.6 is 0 Å². The first-order valence-electron chi connectivity index (χ1n) is 12.6. The van der Waals surface area contributed by atoms with Gasteiger partial charge < -0.3 is 14.7 Å². The summed E-state index contributed by atoms with van der Waals surface area (Å²) >= 11 is 0. The third kappa shape index (κ3) is 7.47. The Morgan fingerprint density at radius 2 is 1.50 bits per heavy atom. The molecule has 0 aliphatic carbocycles. The number of fused-ring (bicyclic) bond motifs is 1. The third-order valence-electron chi connectivity index (χ3n) is 5.21. The summed E-state index contributed by atoms with van der Waals surface area (Å²) in [6, 6.07) is 7.83. The number of aryl methyl sites for hydroxylation is 2. The predicted molar refractivity (Wildman–Crippen MR) is 138 cm³/mol. The molecule has 182 valence electrons. The summed E-state index contributed by atoms with van der Waals surface area (Å²) in [5.74, 6) is 2.65. The molecule has 32 heavy (non-hydrogen) atoms. The zero-order chi connectivity index (χ0) is 24.7. The summed E-state index contributed by atoms with van der Waals surface area (Å²) in [5, 5.41) is 10.5. The van der Waals surface area contributed by atoms with Crippen molar-refractivity contribution >= 4 is 5.82 Å². The predicted octanol–water partition coefficient (Wildman–Crippen LogP) is 7.05. The fourth-order valence-electron chi connectivity index (χ4n) is 3.86. The van der Waals surface area contributed by atoms with Crippen molar-refractivity contribution in [1.82, 2.24) is 9.97 Å². The van der Waals surface area contributed by atoms with Gasteiger partial charge >= 0.3 is 0 Å². The van der Waals surface area contributed by atoms with Crippen LogP contribution < -0.4 is 9.64 Å². The van der Waals surface area contributed by atoms with E-state index >= 15 is 0 Å². The second-order valence-corrected chi connectivity index (χ2v) is 6.95. The number of hydrogen-bond donors (Lipinski definition) is 1. The van der Waals surface area contributed by atoms with E-state index in [0.29, 0.717) is 6.42 Å². The maximum atomic E-state index is 10.5. The average molecular weight is 446 g/mol. The second-order valence-electron chi connectivity index (χ2n) is 6.95. The third-order valence-corrected chi connectivity index (χ3v) is 5.21. The SMILES string of the molecule is CC.CC.CC.CC.Cc1ncc(C)c(N2CCC3(CC2)CC(O)c2ccccc2O3)n1. The van der Waals surface area contributed by atoms with Gasteiger partial charge in [-0.05, 0) is 19.9 Å². The van der Waals surface area contributed by atoms with Crippen molar-refractivity contribution in [3.05, 3.63) is 47.4 Å². The van der Waals surface area contributed by atoms with Gasteiger partial charge in [0.1, 0.15) is 23.0 Å². The minimum absolute atomic E-state index is 0.264. The van der Waals surface area contributed by atoms with E-state index < -0.39 is 6.10 Å². The van der Waals surface area contributed by atoms with E-state index in [1.54, 1.807) is 0 Å².